The van der Waals surface area contributed by atoms with E-state index in [-0.39, 0.29) is 0 Å². The smallest absolute Gasteiger partial charge is 0.0158 e. The van der Waals surface area contributed by atoms with E-state index < -0.39 is 0 Å². The maximum Gasteiger partial charge on any atom is -0.0158 e. The minimum absolute atomic E-state index is 1.13. The molecule has 0 heteroatoms. The van der Waals surface area contributed by atoms with Crippen molar-refractivity contribution in [1.82, 2.24) is 0 Å². The zero-order valence-electron chi connectivity index (χ0n) is 10.2. The van der Waals surface area contributed by atoms with E-state index in [0.29, 0.717) is 0 Å². The van der Waals surface area contributed by atoms with E-state index in [1.165, 1.54) is 23.1 Å². The molecule has 0 aromatic heterocycles. The lowest BCUT2D eigenvalue weighted by Gasteiger charge is -2.07. The summed E-state index contributed by atoms with van der Waals surface area (Å²) in [6, 6.07) is 10.5. The second-order valence-corrected chi connectivity index (χ2v) is 3.86. The third-order valence-electron chi connectivity index (χ3n) is 2.53. The van der Waals surface area contributed by atoms with E-state index in [1.807, 2.05) is 12.1 Å². The first-order chi connectivity index (χ1) is 7.79. The van der Waals surface area contributed by atoms with Gasteiger partial charge in [0.05, 0.1) is 0 Å². The van der Waals surface area contributed by atoms with Gasteiger partial charge in [0, 0.05) is 0 Å². The Morgan fingerprint density at radius 2 is 1.94 bits per heavy atom. The molecule has 0 bridgehead atoms. The summed E-state index contributed by atoms with van der Waals surface area (Å²) in [5.74, 6) is 0. The van der Waals surface area contributed by atoms with Crippen LogP contribution in [0.5, 0.6) is 0 Å². The third-order valence-corrected chi connectivity index (χ3v) is 2.53. The number of rotatable bonds is 5. The summed E-state index contributed by atoms with van der Waals surface area (Å²) in [4.78, 5) is 0. The van der Waals surface area contributed by atoms with Gasteiger partial charge in [0.1, 0.15) is 0 Å². The molecule has 0 atom stereocenters. The standard InChI is InChI=1S/C16H20/c1-4-6-11-14(3)16(10-5-2)15-12-8-7-9-13-15/h5,7-13H,2,4,6H2,1,3H3/b14-11?,16-10+. The summed E-state index contributed by atoms with van der Waals surface area (Å²) in [5.41, 5.74) is 3.85. The summed E-state index contributed by atoms with van der Waals surface area (Å²) >= 11 is 0. The Balaban J connectivity index is 3.02. The number of hydrogen-bond acceptors (Lipinski definition) is 0. The molecule has 0 saturated heterocycles. The Morgan fingerprint density at radius 3 is 2.50 bits per heavy atom. The quantitative estimate of drug-likeness (QED) is 0.602. The Morgan fingerprint density at radius 1 is 1.25 bits per heavy atom. The average Bonchev–Trinajstić information content (AvgIpc) is 2.34. The van der Waals surface area contributed by atoms with E-state index in [4.69, 9.17) is 0 Å². The van der Waals surface area contributed by atoms with Crippen LogP contribution < -0.4 is 0 Å². The summed E-state index contributed by atoms with van der Waals surface area (Å²) in [5, 5.41) is 0. The minimum Gasteiger partial charge on any atom is -0.0990 e. The molecule has 84 valence electrons. The second-order valence-electron chi connectivity index (χ2n) is 3.86. The predicted octanol–water partition coefficient (Wildman–Crippen LogP) is 5.00. The number of hydrogen-bond donors (Lipinski definition) is 0. The van der Waals surface area contributed by atoms with Crippen LogP contribution in [0.3, 0.4) is 0 Å². The topological polar surface area (TPSA) is 0 Å². The lowest BCUT2D eigenvalue weighted by Crippen LogP contribution is -1.86. The molecular weight excluding hydrogens is 192 g/mol. The fraction of sp³-hybridized carbons (Fsp3) is 0.250. The van der Waals surface area contributed by atoms with Gasteiger partial charge < -0.3 is 0 Å². The van der Waals surface area contributed by atoms with Gasteiger partial charge in [-0.3, -0.25) is 0 Å². The normalized spacial score (nSPS) is 12.6. The molecule has 0 fully saturated rings. The maximum absolute atomic E-state index is 3.79. The van der Waals surface area contributed by atoms with Crippen molar-refractivity contribution in [2.45, 2.75) is 26.7 Å². The van der Waals surface area contributed by atoms with Gasteiger partial charge in [-0.2, -0.15) is 0 Å². The van der Waals surface area contributed by atoms with Crippen molar-refractivity contribution in [3.8, 4) is 0 Å². The molecule has 1 aromatic rings. The zero-order valence-corrected chi connectivity index (χ0v) is 10.2. The fourth-order valence-corrected chi connectivity index (χ4v) is 1.66. The van der Waals surface area contributed by atoms with Crippen LogP contribution in [-0.4, -0.2) is 0 Å². The maximum atomic E-state index is 3.79. The lowest BCUT2D eigenvalue weighted by molar-refractivity contribution is 0.953. The van der Waals surface area contributed by atoms with Crippen molar-refractivity contribution >= 4 is 5.57 Å². The molecule has 0 nitrogen and oxygen atoms in total. The summed E-state index contributed by atoms with van der Waals surface area (Å²) in [6.45, 7) is 8.15. The van der Waals surface area contributed by atoms with Crippen LogP contribution in [0.25, 0.3) is 5.57 Å². The van der Waals surface area contributed by atoms with Crippen LogP contribution in [0.4, 0.5) is 0 Å². The van der Waals surface area contributed by atoms with E-state index >= 15 is 0 Å². The van der Waals surface area contributed by atoms with Crippen molar-refractivity contribution in [2.75, 3.05) is 0 Å². The van der Waals surface area contributed by atoms with Crippen LogP contribution in [0, 0.1) is 0 Å². The molecule has 16 heavy (non-hydrogen) atoms. The Bertz CT molecular complexity index is 380. The lowest BCUT2D eigenvalue weighted by atomic mass is 9.97. The van der Waals surface area contributed by atoms with Crippen molar-refractivity contribution in [3.05, 3.63) is 66.3 Å². The van der Waals surface area contributed by atoms with Crippen LogP contribution in [0.1, 0.15) is 32.3 Å². The monoisotopic (exact) mass is 212 g/mol. The second kappa shape index (κ2) is 6.84. The van der Waals surface area contributed by atoms with Gasteiger partial charge in [-0.25, -0.2) is 0 Å². The van der Waals surface area contributed by atoms with E-state index in [2.05, 4.69) is 56.8 Å². The molecule has 1 aromatic carbocycles. The summed E-state index contributed by atoms with van der Waals surface area (Å²) in [7, 11) is 0. The molecule has 0 unspecified atom stereocenters. The van der Waals surface area contributed by atoms with Crippen molar-refractivity contribution in [1.29, 1.82) is 0 Å². The fourth-order valence-electron chi connectivity index (χ4n) is 1.66. The summed E-state index contributed by atoms with van der Waals surface area (Å²) in [6.07, 6.45) is 8.55. The number of allylic oxidation sites excluding steroid dienone is 5. The molecule has 0 aliphatic rings. The SMILES string of the molecule is C=C/C=C(\C(C)=CCCC)c1ccccc1. The first-order valence-corrected chi connectivity index (χ1v) is 5.84. The third kappa shape index (κ3) is 3.54. The Hall–Kier alpha value is -1.56. The van der Waals surface area contributed by atoms with Gasteiger partial charge in [0.25, 0.3) is 0 Å². The highest BCUT2D eigenvalue weighted by molar-refractivity contribution is 5.79. The van der Waals surface area contributed by atoms with Crippen molar-refractivity contribution < 1.29 is 0 Å². The molecular formula is C16H20. The van der Waals surface area contributed by atoms with E-state index in [9.17, 15) is 0 Å². The van der Waals surface area contributed by atoms with E-state index in [0.717, 1.165) is 6.42 Å². The van der Waals surface area contributed by atoms with Crippen LogP contribution >= 0.6 is 0 Å². The molecule has 0 aliphatic heterocycles. The molecule has 1 rings (SSSR count). The highest BCUT2D eigenvalue weighted by atomic mass is 14.1. The van der Waals surface area contributed by atoms with Crippen molar-refractivity contribution in [3.63, 3.8) is 0 Å². The number of benzene rings is 1. The highest BCUT2D eigenvalue weighted by Crippen LogP contribution is 2.23. The summed E-state index contributed by atoms with van der Waals surface area (Å²) < 4.78 is 0. The predicted molar refractivity (Wildman–Crippen MR) is 73.3 cm³/mol. The average molecular weight is 212 g/mol. The number of unbranched alkanes of at least 4 members (excludes halogenated alkanes) is 1. The van der Waals surface area contributed by atoms with Crippen LogP contribution in [-0.2, 0) is 0 Å². The van der Waals surface area contributed by atoms with Gasteiger partial charge in [-0.1, -0.05) is 68.5 Å². The van der Waals surface area contributed by atoms with Crippen LogP contribution in [0.15, 0.2) is 60.7 Å². The molecule has 0 radical (unpaired) electrons. The van der Waals surface area contributed by atoms with Crippen LogP contribution in [0.2, 0.25) is 0 Å². The molecule has 0 heterocycles. The molecule has 0 N–H and O–H groups in total. The Kier molecular flexibility index (Phi) is 5.35. The van der Waals surface area contributed by atoms with Gasteiger partial charge in [-0.15, -0.1) is 0 Å². The largest absolute Gasteiger partial charge is 0.0990 e. The van der Waals surface area contributed by atoms with E-state index in [1.54, 1.807) is 0 Å². The van der Waals surface area contributed by atoms with Crippen molar-refractivity contribution in [2.24, 2.45) is 0 Å². The first kappa shape index (κ1) is 12.5. The van der Waals surface area contributed by atoms with Gasteiger partial charge >= 0.3 is 0 Å². The highest BCUT2D eigenvalue weighted by Gasteiger charge is 2.01. The van der Waals surface area contributed by atoms with Gasteiger partial charge in [0.15, 0.2) is 0 Å². The van der Waals surface area contributed by atoms with Gasteiger partial charge in [0.2, 0.25) is 0 Å². The Labute approximate surface area is 99.0 Å². The first-order valence-electron chi connectivity index (χ1n) is 5.84. The molecule has 0 spiro atoms. The minimum atomic E-state index is 1.13. The van der Waals surface area contributed by atoms with Gasteiger partial charge in [-0.05, 0) is 30.1 Å². The molecule has 0 aliphatic carbocycles. The molecule has 0 saturated carbocycles. The zero-order chi connectivity index (χ0) is 11.8. The molecule has 0 amide bonds.